The lowest BCUT2D eigenvalue weighted by atomic mass is 9.96. The minimum Gasteiger partial charge on any atom is -0.435 e. The fourth-order valence-corrected chi connectivity index (χ4v) is 2.88. The first-order valence-electron chi connectivity index (χ1n) is 7.60. The average Bonchev–Trinajstić information content (AvgIpc) is 2.49. The number of benzene rings is 1. The summed E-state index contributed by atoms with van der Waals surface area (Å²) >= 11 is 5.43. The summed E-state index contributed by atoms with van der Waals surface area (Å²) in [5.41, 5.74) is 0.997. The van der Waals surface area contributed by atoms with Crippen molar-refractivity contribution in [2.45, 2.75) is 51.3 Å². The minimum absolute atomic E-state index is 0.171. The van der Waals surface area contributed by atoms with Crippen LogP contribution >= 0.6 is 12.2 Å². The van der Waals surface area contributed by atoms with E-state index in [0.717, 1.165) is 10.7 Å². The molecule has 1 aliphatic rings. The number of nitrogens with zero attached hydrogens (tertiary/aromatic N) is 1. The summed E-state index contributed by atoms with van der Waals surface area (Å²) in [6, 6.07) is 7.12. The van der Waals surface area contributed by atoms with Crippen LogP contribution in [0.1, 0.15) is 37.7 Å². The summed E-state index contributed by atoms with van der Waals surface area (Å²) < 4.78 is 28.5. The maximum absolute atomic E-state index is 12.1. The van der Waals surface area contributed by atoms with Crippen LogP contribution in [0.5, 0.6) is 5.75 Å². The molecule has 1 aromatic carbocycles. The van der Waals surface area contributed by atoms with Crippen molar-refractivity contribution in [3.63, 3.8) is 0 Å². The van der Waals surface area contributed by atoms with Gasteiger partial charge in [-0.05, 0) is 42.8 Å². The molecule has 0 spiro atoms. The Kier molecular flexibility index (Phi) is 6.36. The quantitative estimate of drug-likeness (QED) is 0.828. The first-order chi connectivity index (χ1) is 10.5. The topological polar surface area (TPSA) is 24.5 Å². The van der Waals surface area contributed by atoms with Gasteiger partial charge in [-0.25, -0.2) is 0 Å². The molecule has 0 heterocycles. The van der Waals surface area contributed by atoms with E-state index in [4.69, 9.17) is 12.2 Å². The van der Waals surface area contributed by atoms with Crippen LogP contribution in [0.2, 0.25) is 0 Å². The standard InChI is InChI=1S/C16H22F2N2OS/c1-20(16(22)19-13-5-3-2-4-6-13)11-12-7-9-14(10-8-12)21-15(17)18/h7-10,13,15H,2-6,11H2,1H3,(H,19,22). The molecular formula is C16H22F2N2OS. The Morgan fingerprint density at radius 3 is 2.50 bits per heavy atom. The average molecular weight is 328 g/mol. The van der Waals surface area contributed by atoms with Crippen molar-refractivity contribution in [3.8, 4) is 5.75 Å². The molecule has 0 aromatic heterocycles. The molecule has 0 aliphatic heterocycles. The Hall–Kier alpha value is -1.43. The Morgan fingerprint density at radius 2 is 1.91 bits per heavy atom. The van der Waals surface area contributed by atoms with E-state index in [-0.39, 0.29) is 5.75 Å². The summed E-state index contributed by atoms with van der Waals surface area (Å²) in [5, 5.41) is 4.15. The van der Waals surface area contributed by atoms with Gasteiger partial charge in [-0.2, -0.15) is 8.78 Å². The summed E-state index contributed by atoms with van der Waals surface area (Å²) in [4.78, 5) is 1.97. The number of halogens is 2. The molecule has 122 valence electrons. The number of rotatable bonds is 5. The third-order valence-corrected chi connectivity index (χ3v) is 4.28. The molecule has 3 nitrogen and oxygen atoms in total. The van der Waals surface area contributed by atoms with Gasteiger partial charge in [0.25, 0.3) is 0 Å². The first-order valence-corrected chi connectivity index (χ1v) is 8.01. The molecule has 0 radical (unpaired) electrons. The van der Waals surface area contributed by atoms with Crippen molar-refractivity contribution < 1.29 is 13.5 Å². The maximum atomic E-state index is 12.1. The Morgan fingerprint density at radius 1 is 1.27 bits per heavy atom. The summed E-state index contributed by atoms with van der Waals surface area (Å²) in [7, 11) is 1.93. The monoisotopic (exact) mass is 328 g/mol. The molecule has 0 saturated heterocycles. The van der Waals surface area contributed by atoms with Gasteiger partial charge in [-0.15, -0.1) is 0 Å². The highest BCUT2D eigenvalue weighted by atomic mass is 32.1. The van der Waals surface area contributed by atoms with E-state index >= 15 is 0 Å². The van der Waals surface area contributed by atoms with Crippen LogP contribution in [-0.4, -0.2) is 29.7 Å². The molecule has 0 atom stereocenters. The van der Waals surface area contributed by atoms with Gasteiger partial charge in [0.1, 0.15) is 5.75 Å². The lowest BCUT2D eigenvalue weighted by molar-refractivity contribution is -0.0498. The number of thiocarbonyl (C=S) groups is 1. The molecule has 2 rings (SSSR count). The normalized spacial score (nSPS) is 15.6. The van der Waals surface area contributed by atoms with Gasteiger partial charge >= 0.3 is 6.61 Å². The SMILES string of the molecule is CN(Cc1ccc(OC(F)F)cc1)C(=S)NC1CCCCC1. The highest BCUT2D eigenvalue weighted by Gasteiger charge is 2.15. The Labute approximate surface area is 135 Å². The largest absolute Gasteiger partial charge is 0.435 e. The second-order valence-electron chi connectivity index (χ2n) is 5.66. The third kappa shape index (κ3) is 5.40. The van der Waals surface area contributed by atoms with Gasteiger partial charge in [0.2, 0.25) is 0 Å². The molecule has 1 aromatic rings. The first kappa shape index (κ1) is 16.9. The van der Waals surface area contributed by atoms with Gasteiger partial charge in [-0.1, -0.05) is 31.4 Å². The number of ether oxygens (including phenoxy) is 1. The Balaban J connectivity index is 1.82. The van der Waals surface area contributed by atoms with Crippen LogP contribution in [0.3, 0.4) is 0 Å². The third-order valence-electron chi connectivity index (χ3n) is 3.85. The lowest BCUT2D eigenvalue weighted by Gasteiger charge is -2.28. The van der Waals surface area contributed by atoms with Crippen LogP contribution in [0.15, 0.2) is 24.3 Å². The number of hydrogen-bond donors (Lipinski definition) is 1. The lowest BCUT2D eigenvalue weighted by Crippen LogP contribution is -2.43. The van der Waals surface area contributed by atoms with E-state index in [2.05, 4.69) is 10.1 Å². The molecule has 0 amide bonds. The minimum atomic E-state index is -2.79. The molecule has 6 heteroatoms. The second-order valence-corrected chi connectivity index (χ2v) is 6.05. The fourth-order valence-electron chi connectivity index (χ4n) is 2.65. The van der Waals surface area contributed by atoms with Crippen LogP contribution in [-0.2, 0) is 6.54 Å². The number of nitrogens with one attached hydrogen (secondary N) is 1. The van der Waals surface area contributed by atoms with Crippen LogP contribution in [0, 0.1) is 0 Å². The smallest absolute Gasteiger partial charge is 0.387 e. The van der Waals surface area contributed by atoms with Gasteiger partial charge in [-0.3, -0.25) is 0 Å². The number of hydrogen-bond acceptors (Lipinski definition) is 2. The van der Waals surface area contributed by atoms with Crippen molar-refractivity contribution in [3.05, 3.63) is 29.8 Å². The zero-order valence-corrected chi connectivity index (χ0v) is 13.5. The molecule has 1 aliphatic carbocycles. The van der Waals surface area contributed by atoms with Gasteiger partial charge in [0.05, 0.1) is 0 Å². The van der Waals surface area contributed by atoms with E-state index in [9.17, 15) is 8.78 Å². The van der Waals surface area contributed by atoms with E-state index in [1.165, 1.54) is 32.1 Å². The molecular weight excluding hydrogens is 306 g/mol. The van der Waals surface area contributed by atoms with E-state index in [1.54, 1.807) is 24.3 Å². The van der Waals surface area contributed by atoms with Gasteiger partial charge < -0.3 is 15.0 Å². The van der Waals surface area contributed by atoms with Crippen molar-refractivity contribution in [1.29, 1.82) is 0 Å². The van der Waals surface area contributed by atoms with E-state index < -0.39 is 6.61 Å². The van der Waals surface area contributed by atoms with E-state index in [0.29, 0.717) is 12.6 Å². The number of alkyl halides is 2. The van der Waals surface area contributed by atoms with Crippen molar-refractivity contribution >= 4 is 17.3 Å². The summed E-state index contributed by atoms with van der Waals surface area (Å²) in [5.74, 6) is 0.171. The predicted molar refractivity (Wildman–Crippen MR) is 87.1 cm³/mol. The molecule has 0 unspecified atom stereocenters. The van der Waals surface area contributed by atoms with Gasteiger partial charge in [0, 0.05) is 19.6 Å². The van der Waals surface area contributed by atoms with Crippen LogP contribution < -0.4 is 10.1 Å². The highest BCUT2D eigenvalue weighted by molar-refractivity contribution is 7.80. The molecule has 1 fully saturated rings. The predicted octanol–water partition coefficient (Wildman–Crippen LogP) is 3.93. The zero-order chi connectivity index (χ0) is 15.9. The second kappa shape index (κ2) is 8.27. The summed E-state index contributed by atoms with van der Waals surface area (Å²) in [6.45, 7) is -2.16. The molecule has 22 heavy (non-hydrogen) atoms. The molecule has 0 bridgehead atoms. The maximum Gasteiger partial charge on any atom is 0.387 e. The molecule has 1 N–H and O–H groups in total. The van der Waals surface area contributed by atoms with Gasteiger partial charge in [0.15, 0.2) is 5.11 Å². The summed E-state index contributed by atoms with van der Waals surface area (Å²) in [6.07, 6.45) is 6.18. The fraction of sp³-hybridized carbons (Fsp3) is 0.562. The van der Waals surface area contributed by atoms with Crippen LogP contribution in [0.25, 0.3) is 0 Å². The van der Waals surface area contributed by atoms with Crippen molar-refractivity contribution in [2.24, 2.45) is 0 Å². The van der Waals surface area contributed by atoms with E-state index in [1.807, 2.05) is 11.9 Å². The highest BCUT2D eigenvalue weighted by Crippen LogP contribution is 2.18. The van der Waals surface area contributed by atoms with Crippen LogP contribution in [0.4, 0.5) is 8.78 Å². The van der Waals surface area contributed by atoms with Crippen molar-refractivity contribution in [2.75, 3.05) is 7.05 Å². The Bertz CT molecular complexity index is 476. The molecule has 1 saturated carbocycles. The zero-order valence-electron chi connectivity index (χ0n) is 12.7. The van der Waals surface area contributed by atoms with Crippen molar-refractivity contribution in [1.82, 2.24) is 10.2 Å².